The molecular formula is C37H38N8O6S3. The van der Waals surface area contributed by atoms with Crippen molar-refractivity contribution < 1.29 is 28.7 Å². The Labute approximate surface area is 325 Å². The van der Waals surface area contributed by atoms with Gasteiger partial charge in [0.05, 0.1) is 12.0 Å². The second-order valence-electron chi connectivity index (χ2n) is 13.6. The molecule has 7 rings (SSSR count). The third-order valence-corrected chi connectivity index (χ3v) is 11.1. The zero-order valence-corrected chi connectivity index (χ0v) is 32.4. The number of hydrogen-bond acceptors (Lipinski definition) is 13. The Morgan fingerprint density at radius 3 is 2.46 bits per heavy atom. The highest BCUT2D eigenvalue weighted by Crippen LogP contribution is 2.47. The van der Waals surface area contributed by atoms with Gasteiger partial charge in [0.2, 0.25) is 21.7 Å². The van der Waals surface area contributed by atoms with Crippen LogP contribution in [0, 0.1) is 0 Å². The lowest BCUT2D eigenvalue weighted by Crippen LogP contribution is -2.71. The number of aryl methyl sites for hydroxylation is 1. The fourth-order valence-corrected chi connectivity index (χ4v) is 8.81. The SMILES string of the molecule is CCON=C(C(=O)N[C@@H]1C(=O)N2C(C(=S)OC(c3ccccc3)c3ccccc3)=C(C3CCn4cncc43)CS[C@H]12)c1nsc(NC(=O)OC(C)(C)C)n1. The van der Waals surface area contributed by atoms with Crippen molar-refractivity contribution in [1.82, 2.24) is 29.1 Å². The predicted molar refractivity (Wildman–Crippen MR) is 208 cm³/mol. The molecule has 1 unspecified atom stereocenters. The van der Waals surface area contributed by atoms with E-state index >= 15 is 0 Å². The molecule has 3 aliphatic heterocycles. The molecule has 280 valence electrons. The minimum Gasteiger partial charge on any atom is -0.469 e. The van der Waals surface area contributed by atoms with Gasteiger partial charge in [-0.3, -0.25) is 19.8 Å². The van der Waals surface area contributed by atoms with Crippen molar-refractivity contribution in [2.75, 3.05) is 17.7 Å². The van der Waals surface area contributed by atoms with E-state index in [0.717, 1.165) is 46.9 Å². The van der Waals surface area contributed by atoms with Gasteiger partial charge in [-0.25, -0.2) is 9.78 Å². The zero-order valence-electron chi connectivity index (χ0n) is 29.9. The Balaban J connectivity index is 1.15. The number of carbonyl (C=O) groups excluding carboxylic acids is 3. The second-order valence-corrected chi connectivity index (χ2v) is 15.8. The Morgan fingerprint density at radius 1 is 1.09 bits per heavy atom. The van der Waals surface area contributed by atoms with Gasteiger partial charge in [-0.1, -0.05) is 65.8 Å². The number of fused-ring (bicyclic) bond motifs is 2. The topological polar surface area (TPSA) is 162 Å². The molecule has 5 heterocycles. The molecule has 3 atom stereocenters. The number of amides is 3. The molecular weight excluding hydrogens is 749 g/mol. The molecule has 2 N–H and O–H groups in total. The standard InChI is InChI=1S/C37H38N8O6S3/c1-5-49-42-26(30-40-35(54-43-30)41-36(48)51-37(2,3)4)31(46)39-27-32(47)45-28(24(19-53-33(27)45)23-16-17-44-20-38-18-25(23)44)34(52)50-29(21-12-8-6-9-13-21)22-14-10-7-11-15-22/h6-15,18,20,23,27,29,33H,5,16-17,19H2,1-4H3,(H,39,46)(H,40,41,43,48)/t23?,27-,33-/m1/s1. The van der Waals surface area contributed by atoms with Gasteiger partial charge in [0.1, 0.15) is 29.7 Å². The highest BCUT2D eigenvalue weighted by molar-refractivity contribution is 8.00. The minimum absolute atomic E-state index is 0.0185. The summed E-state index contributed by atoms with van der Waals surface area (Å²) in [5.41, 5.74) is 3.43. The molecule has 3 aliphatic rings. The van der Waals surface area contributed by atoms with Crippen molar-refractivity contribution in [3.8, 4) is 0 Å². The quantitative estimate of drug-likeness (QED) is 0.0819. The summed E-state index contributed by atoms with van der Waals surface area (Å²) in [6.45, 7) is 7.88. The van der Waals surface area contributed by atoms with Crippen LogP contribution in [0.2, 0.25) is 0 Å². The number of oxime groups is 1. The van der Waals surface area contributed by atoms with Crippen LogP contribution in [0.15, 0.2) is 89.6 Å². The van der Waals surface area contributed by atoms with E-state index in [2.05, 4.69) is 34.7 Å². The molecule has 0 aliphatic carbocycles. The van der Waals surface area contributed by atoms with Gasteiger partial charge in [-0.2, -0.15) is 9.36 Å². The molecule has 17 heteroatoms. The summed E-state index contributed by atoms with van der Waals surface area (Å²) in [6, 6.07) is 18.7. The first-order chi connectivity index (χ1) is 26.0. The summed E-state index contributed by atoms with van der Waals surface area (Å²) in [5, 5.41) is 9.12. The van der Waals surface area contributed by atoms with Crippen molar-refractivity contribution in [3.05, 3.63) is 107 Å². The molecule has 14 nitrogen and oxygen atoms in total. The Hall–Kier alpha value is -5.13. The van der Waals surface area contributed by atoms with Gasteiger partial charge in [0.15, 0.2) is 0 Å². The fraction of sp³-hybridized carbons (Fsp3) is 0.351. The third-order valence-electron chi connectivity index (χ3n) is 8.83. The molecule has 1 saturated heterocycles. The van der Waals surface area contributed by atoms with Crippen molar-refractivity contribution in [1.29, 1.82) is 0 Å². The molecule has 0 bridgehead atoms. The van der Waals surface area contributed by atoms with Crippen LogP contribution in [0.3, 0.4) is 0 Å². The van der Waals surface area contributed by atoms with E-state index in [-0.39, 0.29) is 40.2 Å². The van der Waals surface area contributed by atoms with E-state index in [1.165, 1.54) is 11.8 Å². The molecule has 0 radical (unpaired) electrons. The van der Waals surface area contributed by atoms with E-state index in [1.807, 2.05) is 73.2 Å². The minimum atomic E-state index is -0.917. The van der Waals surface area contributed by atoms with Crippen molar-refractivity contribution in [2.45, 2.75) is 69.7 Å². The highest BCUT2D eigenvalue weighted by atomic mass is 32.2. The lowest BCUT2D eigenvalue weighted by Gasteiger charge is -2.51. The van der Waals surface area contributed by atoms with Gasteiger partial charge < -0.3 is 24.2 Å². The second kappa shape index (κ2) is 15.7. The van der Waals surface area contributed by atoms with Gasteiger partial charge >= 0.3 is 6.09 Å². The molecule has 3 amide bonds. The number of imidazole rings is 1. The molecule has 2 aromatic heterocycles. The van der Waals surface area contributed by atoms with Crippen LogP contribution in [0.25, 0.3) is 0 Å². The number of benzene rings is 2. The Kier molecular flexibility index (Phi) is 10.8. The van der Waals surface area contributed by atoms with Gasteiger partial charge in [-0.05, 0) is 63.0 Å². The third kappa shape index (κ3) is 7.74. The van der Waals surface area contributed by atoms with Crippen LogP contribution >= 0.6 is 35.5 Å². The van der Waals surface area contributed by atoms with Gasteiger partial charge in [-0.15, -0.1) is 11.8 Å². The molecule has 1 fully saturated rings. The molecule has 2 aromatic carbocycles. The maximum Gasteiger partial charge on any atom is 0.414 e. The van der Waals surface area contributed by atoms with Crippen LogP contribution in [-0.2, 0) is 30.4 Å². The number of thioether (sulfide) groups is 1. The summed E-state index contributed by atoms with van der Waals surface area (Å²) >= 11 is 8.50. The fourth-order valence-electron chi connectivity index (χ4n) is 6.51. The maximum absolute atomic E-state index is 14.2. The number of nitrogens with zero attached hydrogens (tertiary/aromatic N) is 6. The Bertz CT molecular complexity index is 2070. The van der Waals surface area contributed by atoms with Crippen molar-refractivity contribution >= 4 is 69.3 Å². The number of β-lactam (4-membered cyclic amide) rings is 1. The first kappa shape index (κ1) is 37.2. The van der Waals surface area contributed by atoms with E-state index in [9.17, 15) is 14.4 Å². The molecule has 0 saturated carbocycles. The number of nitrogens with one attached hydrogen (secondary N) is 2. The van der Waals surface area contributed by atoms with Crippen LogP contribution in [0.1, 0.15) is 68.8 Å². The average molecular weight is 787 g/mol. The largest absolute Gasteiger partial charge is 0.469 e. The van der Waals surface area contributed by atoms with Crippen molar-refractivity contribution in [3.63, 3.8) is 0 Å². The van der Waals surface area contributed by atoms with E-state index in [1.54, 1.807) is 32.6 Å². The number of anilines is 1. The lowest BCUT2D eigenvalue weighted by atomic mass is 9.91. The number of thiocarbonyl (C=S) groups is 1. The van der Waals surface area contributed by atoms with Gasteiger partial charge in [0, 0.05) is 41.6 Å². The van der Waals surface area contributed by atoms with E-state index in [4.69, 9.17) is 26.5 Å². The normalized spacial score (nSPS) is 19.5. The summed E-state index contributed by atoms with van der Waals surface area (Å²) in [5.74, 6) is -0.623. The number of carbonyl (C=O) groups is 3. The zero-order chi connectivity index (χ0) is 38.0. The van der Waals surface area contributed by atoms with Crippen LogP contribution in [0.5, 0.6) is 0 Å². The number of hydrogen-bond donors (Lipinski definition) is 2. The summed E-state index contributed by atoms with van der Waals surface area (Å²) in [4.78, 5) is 55.8. The lowest BCUT2D eigenvalue weighted by molar-refractivity contribution is -0.144. The number of ether oxygens (including phenoxy) is 2. The van der Waals surface area contributed by atoms with E-state index in [0.29, 0.717) is 11.4 Å². The van der Waals surface area contributed by atoms with Crippen LogP contribution in [0.4, 0.5) is 9.93 Å². The van der Waals surface area contributed by atoms with Crippen molar-refractivity contribution in [2.24, 2.45) is 5.16 Å². The molecule has 4 aromatic rings. The summed E-state index contributed by atoms with van der Waals surface area (Å²) < 4.78 is 18.3. The monoisotopic (exact) mass is 786 g/mol. The first-order valence-corrected chi connectivity index (χ1v) is 19.6. The first-order valence-electron chi connectivity index (χ1n) is 17.4. The summed E-state index contributed by atoms with van der Waals surface area (Å²) in [7, 11) is 0. The smallest absolute Gasteiger partial charge is 0.414 e. The predicted octanol–water partition coefficient (Wildman–Crippen LogP) is 5.80. The highest BCUT2D eigenvalue weighted by Gasteiger charge is 2.55. The van der Waals surface area contributed by atoms with Crippen LogP contribution in [-0.4, -0.2) is 81.9 Å². The van der Waals surface area contributed by atoms with Gasteiger partial charge in [0.25, 0.3) is 11.8 Å². The van der Waals surface area contributed by atoms with Crippen LogP contribution < -0.4 is 10.6 Å². The Morgan fingerprint density at radius 2 is 1.80 bits per heavy atom. The molecule has 0 spiro atoms. The average Bonchev–Trinajstić information content (AvgIpc) is 3.91. The molecule has 54 heavy (non-hydrogen) atoms. The number of aromatic nitrogens is 4. The number of rotatable bonds is 11. The summed E-state index contributed by atoms with van der Waals surface area (Å²) in [6.07, 6.45) is 3.26. The van der Waals surface area contributed by atoms with E-state index < -0.39 is 35.1 Å². The maximum atomic E-state index is 14.2.